The smallest absolute Gasteiger partial charge is 0.254 e. The number of aliphatic hydroxyl groups excluding tert-OH is 1. The van der Waals surface area contributed by atoms with Gasteiger partial charge in [-0.25, -0.2) is 8.78 Å². The molecule has 2 atom stereocenters. The van der Waals surface area contributed by atoms with Gasteiger partial charge in [0.05, 0.1) is 6.10 Å². The summed E-state index contributed by atoms with van der Waals surface area (Å²) in [7, 11) is 0. The fourth-order valence-electron chi connectivity index (χ4n) is 2.54. The molecule has 1 aromatic rings. The Labute approximate surface area is 122 Å². The molecular formula is C15H20F2N2O2. The normalized spacial score (nSPS) is 22.2. The van der Waals surface area contributed by atoms with Gasteiger partial charge in [0.15, 0.2) is 0 Å². The maximum atomic E-state index is 13.9. The molecule has 1 heterocycles. The van der Waals surface area contributed by atoms with Gasteiger partial charge in [-0.15, -0.1) is 0 Å². The van der Waals surface area contributed by atoms with E-state index in [0.29, 0.717) is 26.1 Å². The molecule has 21 heavy (non-hydrogen) atoms. The minimum atomic E-state index is -0.773. The number of hydrogen-bond donors (Lipinski definition) is 2. The summed E-state index contributed by atoms with van der Waals surface area (Å²) in [5.74, 6) is -2.00. The topological polar surface area (TPSA) is 52.6 Å². The van der Waals surface area contributed by atoms with E-state index >= 15 is 0 Å². The molecule has 1 saturated heterocycles. The molecule has 0 radical (unpaired) electrons. The molecule has 1 fully saturated rings. The zero-order chi connectivity index (χ0) is 15.6. The Morgan fingerprint density at radius 2 is 2.05 bits per heavy atom. The number of aliphatic hydroxyl groups is 1. The van der Waals surface area contributed by atoms with E-state index < -0.39 is 23.6 Å². The Hall–Kier alpha value is -1.69. The van der Waals surface area contributed by atoms with E-state index in [1.807, 2.05) is 6.92 Å². The quantitative estimate of drug-likeness (QED) is 0.900. The molecular weight excluding hydrogens is 278 g/mol. The molecule has 116 valence electrons. The summed E-state index contributed by atoms with van der Waals surface area (Å²) in [5, 5.41) is 12.3. The van der Waals surface area contributed by atoms with Gasteiger partial charge in [0.1, 0.15) is 17.3 Å². The largest absolute Gasteiger partial charge is 0.393 e. The van der Waals surface area contributed by atoms with Crippen LogP contribution in [-0.2, 0) is 0 Å². The molecule has 1 aliphatic heterocycles. The lowest BCUT2D eigenvalue weighted by Gasteiger charge is -2.34. The van der Waals surface area contributed by atoms with Crippen LogP contribution in [0.1, 0.15) is 30.6 Å². The fourth-order valence-corrected chi connectivity index (χ4v) is 2.54. The van der Waals surface area contributed by atoms with E-state index in [9.17, 15) is 18.7 Å². The highest BCUT2D eigenvalue weighted by Crippen LogP contribution is 2.23. The van der Waals surface area contributed by atoms with Gasteiger partial charge >= 0.3 is 0 Å². The molecule has 2 unspecified atom stereocenters. The summed E-state index contributed by atoms with van der Waals surface area (Å²) in [6, 6.07) is 2.11. The first-order valence-electron chi connectivity index (χ1n) is 7.14. The first kappa shape index (κ1) is 15.7. The Morgan fingerprint density at radius 3 is 2.57 bits per heavy atom. The number of piperidine rings is 1. The van der Waals surface area contributed by atoms with Crippen LogP contribution < -0.4 is 5.32 Å². The van der Waals surface area contributed by atoms with Crippen molar-refractivity contribution in [2.45, 2.75) is 26.4 Å². The maximum Gasteiger partial charge on any atom is 0.254 e. The number of nitrogens with zero attached hydrogens (tertiary/aromatic N) is 1. The van der Waals surface area contributed by atoms with Crippen molar-refractivity contribution in [3.05, 3.63) is 29.3 Å². The number of nitrogens with one attached hydrogen (secondary N) is 1. The minimum Gasteiger partial charge on any atom is -0.393 e. The lowest BCUT2D eigenvalue weighted by Crippen LogP contribution is -2.45. The zero-order valence-corrected chi connectivity index (χ0v) is 12.2. The number of likely N-dealkylation sites (tertiary alicyclic amines) is 1. The van der Waals surface area contributed by atoms with Crippen molar-refractivity contribution in [1.82, 2.24) is 4.90 Å². The van der Waals surface area contributed by atoms with Crippen molar-refractivity contribution in [2.24, 2.45) is 5.92 Å². The van der Waals surface area contributed by atoms with Gasteiger partial charge in [0.2, 0.25) is 0 Å². The molecule has 1 amide bonds. The standard InChI is InChI=1S/C15H20F2N2O2/c1-3-18-14-11(16)6-10(7-12(14)17)15(21)19-5-4-13(20)9(2)8-19/h6-7,9,13,18,20H,3-5,8H2,1-2H3. The minimum absolute atomic E-state index is 0.00440. The summed E-state index contributed by atoms with van der Waals surface area (Å²) in [6.07, 6.45) is 0.0477. The molecule has 1 aromatic carbocycles. The summed E-state index contributed by atoms with van der Waals surface area (Å²) in [6.45, 7) is 4.75. The van der Waals surface area contributed by atoms with Gasteiger partial charge in [0, 0.05) is 25.2 Å². The molecule has 6 heteroatoms. The molecule has 0 spiro atoms. The first-order valence-corrected chi connectivity index (χ1v) is 7.14. The lowest BCUT2D eigenvalue weighted by atomic mass is 9.96. The molecule has 2 N–H and O–H groups in total. The Kier molecular flexibility index (Phi) is 4.77. The number of amides is 1. The van der Waals surface area contributed by atoms with Crippen LogP contribution >= 0.6 is 0 Å². The van der Waals surface area contributed by atoms with Gasteiger partial charge < -0.3 is 15.3 Å². The molecule has 1 aliphatic rings. The summed E-state index contributed by atoms with van der Waals surface area (Å²) in [4.78, 5) is 13.8. The van der Waals surface area contributed by atoms with Crippen LogP contribution in [-0.4, -0.2) is 41.7 Å². The first-order chi connectivity index (χ1) is 9.93. The Morgan fingerprint density at radius 1 is 1.43 bits per heavy atom. The average Bonchev–Trinajstić information content (AvgIpc) is 2.45. The third-order valence-electron chi connectivity index (χ3n) is 3.79. The predicted octanol–water partition coefficient (Wildman–Crippen LogP) is 2.24. The van der Waals surface area contributed by atoms with Crippen LogP contribution in [0.2, 0.25) is 0 Å². The van der Waals surface area contributed by atoms with Crippen LogP contribution in [0.15, 0.2) is 12.1 Å². The monoisotopic (exact) mass is 298 g/mol. The van der Waals surface area contributed by atoms with Crippen LogP contribution in [0.5, 0.6) is 0 Å². The lowest BCUT2D eigenvalue weighted by molar-refractivity contribution is 0.0297. The SMILES string of the molecule is CCNc1c(F)cc(C(=O)N2CCC(O)C(C)C2)cc1F. The predicted molar refractivity (Wildman–Crippen MR) is 76.2 cm³/mol. The fraction of sp³-hybridized carbons (Fsp3) is 0.533. The zero-order valence-electron chi connectivity index (χ0n) is 12.2. The Bertz CT molecular complexity index is 513. The van der Waals surface area contributed by atoms with Gasteiger partial charge in [0.25, 0.3) is 5.91 Å². The number of rotatable bonds is 3. The maximum absolute atomic E-state index is 13.9. The highest BCUT2D eigenvalue weighted by Gasteiger charge is 2.28. The summed E-state index contributed by atoms with van der Waals surface area (Å²) >= 11 is 0. The molecule has 0 bridgehead atoms. The summed E-state index contributed by atoms with van der Waals surface area (Å²) < 4.78 is 27.7. The number of carbonyl (C=O) groups is 1. The van der Waals surface area contributed by atoms with Crippen molar-refractivity contribution in [2.75, 3.05) is 25.0 Å². The van der Waals surface area contributed by atoms with Gasteiger partial charge in [-0.1, -0.05) is 6.92 Å². The van der Waals surface area contributed by atoms with E-state index in [-0.39, 0.29) is 17.2 Å². The van der Waals surface area contributed by atoms with Crippen molar-refractivity contribution in [3.63, 3.8) is 0 Å². The van der Waals surface area contributed by atoms with E-state index in [1.54, 1.807) is 6.92 Å². The summed E-state index contributed by atoms with van der Waals surface area (Å²) in [5.41, 5.74) is -0.216. The third kappa shape index (κ3) is 3.32. The number of carbonyl (C=O) groups excluding carboxylic acids is 1. The molecule has 0 aliphatic carbocycles. The second kappa shape index (κ2) is 6.39. The molecule has 0 saturated carbocycles. The van der Waals surface area contributed by atoms with Crippen LogP contribution in [0.25, 0.3) is 0 Å². The number of halogens is 2. The Balaban J connectivity index is 2.20. The average molecular weight is 298 g/mol. The van der Waals surface area contributed by atoms with Crippen molar-refractivity contribution in [1.29, 1.82) is 0 Å². The van der Waals surface area contributed by atoms with E-state index in [1.165, 1.54) is 4.90 Å². The highest BCUT2D eigenvalue weighted by molar-refractivity contribution is 5.94. The number of benzene rings is 1. The second-order valence-corrected chi connectivity index (χ2v) is 5.43. The van der Waals surface area contributed by atoms with Gasteiger partial charge in [-0.2, -0.15) is 0 Å². The van der Waals surface area contributed by atoms with Crippen molar-refractivity contribution >= 4 is 11.6 Å². The van der Waals surface area contributed by atoms with Crippen molar-refractivity contribution < 1.29 is 18.7 Å². The number of hydrogen-bond acceptors (Lipinski definition) is 3. The van der Waals surface area contributed by atoms with Gasteiger partial charge in [-0.05, 0) is 31.4 Å². The molecule has 2 rings (SSSR count). The van der Waals surface area contributed by atoms with E-state index in [0.717, 1.165) is 12.1 Å². The van der Waals surface area contributed by atoms with Gasteiger partial charge in [-0.3, -0.25) is 4.79 Å². The van der Waals surface area contributed by atoms with Crippen LogP contribution in [0, 0.1) is 17.6 Å². The molecule has 0 aromatic heterocycles. The van der Waals surface area contributed by atoms with Crippen molar-refractivity contribution in [3.8, 4) is 0 Å². The highest BCUT2D eigenvalue weighted by atomic mass is 19.1. The number of anilines is 1. The van der Waals surface area contributed by atoms with Crippen LogP contribution in [0.3, 0.4) is 0 Å². The van der Waals surface area contributed by atoms with E-state index in [4.69, 9.17) is 0 Å². The van der Waals surface area contributed by atoms with Crippen LogP contribution in [0.4, 0.5) is 14.5 Å². The van der Waals surface area contributed by atoms with E-state index in [2.05, 4.69) is 5.32 Å². The second-order valence-electron chi connectivity index (χ2n) is 5.43. The molecule has 4 nitrogen and oxygen atoms in total. The third-order valence-corrected chi connectivity index (χ3v) is 3.79.